The van der Waals surface area contributed by atoms with E-state index in [1.807, 2.05) is 6.07 Å². The van der Waals surface area contributed by atoms with Crippen molar-refractivity contribution in [1.82, 2.24) is 4.98 Å². The van der Waals surface area contributed by atoms with Gasteiger partial charge in [-0.05, 0) is 18.2 Å². The van der Waals surface area contributed by atoms with Gasteiger partial charge in [-0.3, -0.25) is 4.79 Å². The number of carbonyl (C=O) groups is 1. The Morgan fingerprint density at radius 1 is 1.36 bits per heavy atom. The number of aldehydes is 1. The molecule has 0 aliphatic carbocycles. The van der Waals surface area contributed by atoms with Crippen LogP contribution in [0.5, 0.6) is 0 Å². The number of benzene rings is 1. The molecule has 3 nitrogen and oxygen atoms in total. The van der Waals surface area contributed by atoms with Gasteiger partial charge in [-0.15, -0.1) is 0 Å². The maximum Gasteiger partial charge on any atom is 0.181 e. The minimum absolute atomic E-state index is 0.603. The van der Waals surface area contributed by atoms with Crippen LogP contribution in [0.25, 0.3) is 11.3 Å². The summed E-state index contributed by atoms with van der Waals surface area (Å²) in [5.74, 6) is 0.648. The number of oxazole rings is 1. The second-order valence-corrected chi connectivity index (χ2v) is 3.67. The van der Waals surface area contributed by atoms with Crippen molar-refractivity contribution in [1.29, 1.82) is 0 Å². The Morgan fingerprint density at radius 2 is 2.21 bits per heavy atom. The highest BCUT2D eigenvalue weighted by Crippen LogP contribution is 2.24. The third-order valence-electron chi connectivity index (χ3n) is 1.77. The summed E-state index contributed by atoms with van der Waals surface area (Å²) in [4.78, 5) is 14.4. The van der Waals surface area contributed by atoms with Crippen LogP contribution in [-0.2, 0) is 0 Å². The number of rotatable bonds is 2. The maximum atomic E-state index is 10.6. The molecule has 0 aliphatic heterocycles. The summed E-state index contributed by atoms with van der Waals surface area (Å²) < 4.78 is 5.97. The lowest BCUT2D eigenvalue weighted by Crippen LogP contribution is -1.82. The van der Waals surface area contributed by atoms with E-state index in [0.29, 0.717) is 11.3 Å². The van der Waals surface area contributed by atoms with E-state index >= 15 is 0 Å². The molecule has 0 spiro atoms. The van der Waals surface area contributed by atoms with Crippen molar-refractivity contribution >= 4 is 22.2 Å². The van der Waals surface area contributed by atoms with Crippen LogP contribution >= 0.6 is 15.9 Å². The molecule has 0 bridgehead atoms. The number of carbonyl (C=O) groups excluding carboxylic acids is 1. The van der Waals surface area contributed by atoms with Gasteiger partial charge in [0.25, 0.3) is 0 Å². The van der Waals surface area contributed by atoms with Gasteiger partial charge in [0, 0.05) is 15.6 Å². The van der Waals surface area contributed by atoms with Crippen molar-refractivity contribution in [3.05, 3.63) is 40.8 Å². The first-order valence-corrected chi connectivity index (χ1v) is 4.73. The van der Waals surface area contributed by atoms with E-state index in [9.17, 15) is 4.79 Å². The summed E-state index contributed by atoms with van der Waals surface area (Å²) in [6, 6.07) is 5.36. The van der Waals surface area contributed by atoms with Gasteiger partial charge in [-0.25, -0.2) is 4.98 Å². The Balaban J connectivity index is 2.54. The molecule has 70 valence electrons. The highest BCUT2D eigenvalue weighted by Gasteiger charge is 2.04. The van der Waals surface area contributed by atoms with Crippen LogP contribution in [0.15, 0.2) is 39.7 Å². The Morgan fingerprint density at radius 3 is 2.86 bits per heavy atom. The maximum absolute atomic E-state index is 10.6. The fourth-order valence-corrected chi connectivity index (χ4v) is 1.69. The molecule has 0 radical (unpaired) electrons. The van der Waals surface area contributed by atoms with E-state index in [4.69, 9.17) is 4.42 Å². The third-order valence-corrected chi connectivity index (χ3v) is 2.23. The van der Waals surface area contributed by atoms with Crippen LogP contribution in [0.4, 0.5) is 0 Å². The molecule has 0 atom stereocenters. The van der Waals surface area contributed by atoms with E-state index in [0.717, 1.165) is 16.3 Å². The van der Waals surface area contributed by atoms with Crippen molar-refractivity contribution in [3.63, 3.8) is 0 Å². The number of hydrogen-bond acceptors (Lipinski definition) is 3. The first-order chi connectivity index (χ1) is 6.79. The van der Waals surface area contributed by atoms with Crippen LogP contribution in [0.2, 0.25) is 0 Å². The number of halogens is 1. The molecule has 14 heavy (non-hydrogen) atoms. The van der Waals surface area contributed by atoms with Crippen LogP contribution in [0, 0.1) is 0 Å². The third kappa shape index (κ3) is 1.75. The van der Waals surface area contributed by atoms with Gasteiger partial charge in [0.1, 0.15) is 6.29 Å². The summed E-state index contributed by atoms with van der Waals surface area (Å²) in [6.07, 6.45) is 3.76. The molecule has 4 heteroatoms. The molecule has 2 aromatic rings. The summed E-state index contributed by atoms with van der Waals surface area (Å²) in [6.45, 7) is 0. The SMILES string of the molecule is O=Cc1cc(Br)cc(-c2cnco2)c1. The van der Waals surface area contributed by atoms with Crippen molar-refractivity contribution in [2.45, 2.75) is 0 Å². The zero-order valence-corrected chi connectivity index (χ0v) is 8.69. The molecule has 0 saturated heterocycles. The minimum Gasteiger partial charge on any atom is -0.444 e. The van der Waals surface area contributed by atoms with Gasteiger partial charge >= 0.3 is 0 Å². The van der Waals surface area contributed by atoms with E-state index in [1.54, 1.807) is 18.3 Å². The smallest absolute Gasteiger partial charge is 0.181 e. The normalized spacial score (nSPS) is 10.1. The lowest BCUT2D eigenvalue weighted by atomic mass is 10.1. The molecule has 0 unspecified atom stereocenters. The van der Waals surface area contributed by atoms with Crippen LogP contribution in [0.1, 0.15) is 10.4 Å². The Labute approximate surface area is 88.9 Å². The fourth-order valence-electron chi connectivity index (χ4n) is 1.18. The highest BCUT2D eigenvalue weighted by molar-refractivity contribution is 9.10. The first kappa shape index (κ1) is 9.15. The largest absolute Gasteiger partial charge is 0.444 e. The molecule has 2 rings (SSSR count). The Bertz CT molecular complexity index is 451. The number of nitrogens with zero attached hydrogens (tertiary/aromatic N) is 1. The van der Waals surface area contributed by atoms with Gasteiger partial charge < -0.3 is 4.42 Å². The lowest BCUT2D eigenvalue weighted by molar-refractivity contribution is 0.112. The number of aromatic nitrogens is 1. The lowest BCUT2D eigenvalue weighted by Gasteiger charge is -1.98. The second-order valence-electron chi connectivity index (χ2n) is 2.76. The topological polar surface area (TPSA) is 43.1 Å². The molecule has 0 fully saturated rings. The highest BCUT2D eigenvalue weighted by atomic mass is 79.9. The summed E-state index contributed by atoms with van der Waals surface area (Å²) >= 11 is 3.32. The van der Waals surface area contributed by atoms with E-state index in [2.05, 4.69) is 20.9 Å². The van der Waals surface area contributed by atoms with Crippen LogP contribution < -0.4 is 0 Å². The minimum atomic E-state index is 0.603. The molecule has 0 amide bonds. The first-order valence-electron chi connectivity index (χ1n) is 3.94. The fraction of sp³-hybridized carbons (Fsp3) is 0. The summed E-state index contributed by atoms with van der Waals surface area (Å²) in [5.41, 5.74) is 1.43. The van der Waals surface area contributed by atoms with Crippen molar-refractivity contribution in [3.8, 4) is 11.3 Å². The molecule has 1 aromatic carbocycles. The molecule has 0 saturated carbocycles. The van der Waals surface area contributed by atoms with Crippen LogP contribution in [-0.4, -0.2) is 11.3 Å². The van der Waals surface area contributed by atoms with Gasteiger partial charge in [-0.2, -0.15) is 0 Å². The molecule has 1 aromatic heterocycles. The summed E-state index contributed by atoms with van der Waals surface area (Å²) in [5, 5.41) is 0. The standard InChI is InChI=1S/C10H6BrNO2/c11-9-2-7(5-13)1-8(3-9)10-4-12-6-14-10/h1-6H. The monoisotopic (exact) mass is 251 g/mol. The molecular formula is C10H6BrNO2. The Kier molecular flexibility index (Phi) is 2.45. The predicted octanol–water partition coefficient (Wildman–Crippen LogP) is 2.92. The van der Waals surface area contributed by atoms with Gasteiger partial charge in [0.15, 0.2) is 12.2 Å². The quantitative estimate of drug-likeness (QED) is 0.771. The molecular weight excluding hydrogens is 246 g/mol. The molecule has 0 N–H and O–H groups in total. The zero-order valence-electron chi connectivity index (χ0n) is 7.11. The van der Waals surface area contributed by atoms with E-state index in [-0.39, 0.29) is 0 Å². The predicted molar refractivity (Wildman–Crippen MR) is 55.0 cm³/mol. The van der Waals surface area contributed by atoms with E-state index < -0.39 is 0 Å². The molecule has 1 heterocycles. The van der Waals surface area contributed by atoms with Gasteiger partial charge in [0.2, 0.25) is 0 Å². The van der Waals surface area contributed by atoms with Crippen LogP contribution in [0.3, 0.4) is 0 Å². The number of hydrogen-bond donors (Lipinski definition) is 0. The summed E-state index contributed by atoms with van der Waals surface area (Å²) in [7, 11) is 0. The van der Waals surface area contributed by atoms with Gasteiger partial charge in [0.05, 0.1) is 6.20 Å². The van der Waals surface area contributed by atoms with Crippen molar-refractivity contribution in [2.24, 2.45) is 0 Å². The van der Waals surface area contributed by atoms with Crippen molar-refractivity contribution < 1.29 is 9.21 Å². The second kappa shape index (κ2) is 3.75. The van der Waals surface area contributed by atoms with E-state index in [1.165, 1.54) is 6.39 Å². The zero-order chi connectivity index (χ0) is 9.97. The Hall–Kier alpha value is -1.42. The van der Waals surface area contributed by atoms with Crippen molar-refractivity contribution in [2.75, 3.05) is 0 Å². The molecule has 0 aliphatic rings. The average Bonchev–Trinajstić information content (AvgIpc) is 2.69. The average molecular weight is 252 g/mol. The van der Waals surface area contributed by atoms with Gasteiger partial charge in [-0.1, -0.05) is 15.9 Å².